The molecule has 2 heterocycles. The number of hydrazone groups is 1. The highest BCUT2D eigenvalue weighted by Crippen LogP contribution is 2.34. The van der Waals surface area contributed by atoms with E-state index < -0.39 is 11.6 Å². The molecule has 0 N–H and O–H groups in total. The fourth-order valence-electron chi connectivity index (χ4n) is 3.89. The second-order valence-corrected chi connectivity index (χ2v) is 7.38. The van der Waals surface area contributed by atoms with E-state index in [4.69, 9.17) is 4.74 Å². The summed E-state index contributed by atoms with van der Waals surface area (Å²) in [6.45, 7) is 1.24. The van der Waals surface area contributed by atoms with Crippen molar-refractivity contribution in [2.75, 3.05) is 20.3 Å². The maximum Gasteiger partial charge on any atom is 0.341 e. The third kappa shape index (κ3) is 4.00. The number of halogens is 2. The molecule has 29 heavy (non-hydrogen) atoms. The maximum atomic E-state index is 14.4. The highest BCUT2D eigenvalue weighted by Gasteiger charge is 2.37. The molecule has 7 heteroatoms. The Morgan fingerprint density at radius 1 is 1.14 bits per heavy atom. The van der Waals surface area contributed by atoms with Crippen molar-refractivity contribution < 1.29 is 18.3 Å². The summed E-state index contributed by atoms with van der Waals surface area (Å²) in [5, 5.41) is 5.86. The Labute approximate surface area is 168 Å². The van der Waals surface area contributed by atoms with E-state index in [9.17, 15) is 13.6 Å². The molecule has 152 valence electrons. The lowest BCUT2D eigenvalue weighted by molar-refractivity contribution is 0.0448. The average molecular weight is 399 g/mol. The molecule has 2 amide bonds. The lowest BCUT2D eigenvalue weighted by atomic mass is 9.98. The Bertz CT molecular complexity index is 914. The van der Waals surface area contributed by atoms with Gasteiger partial charge in [-0.15, -0.1) is 0 Å². The minimum Gasteiger partial charge on any atom is -0.381 e. The Kier molecular flexibility index (Phi) is 5.58. The van der Waals surface area contributed by atoms with Crippen molar-refractivity contribution in [2.24, 2.45) is 5.10 Å². The summed E-state index contributed by atoms with van der Waals surface area (Å²) < 4.78 is 33.5. The molecule has 1 unspecified atom stereocenters. The molecule has 2 aromatic carbocycles. The zero-order valence-corrected chi connectivity index (χ0v) is 16.2. The van der Waals surface area contributed by atoms with Crippen molar-refractivity contribution in [3.05, 3.63) is 71.3 Å². The topological polar surface area (TPSA) is 45.1 Å². The monoisotopic (exact) mass is 399 g/mol. The quantitative estimate of drug-likeness (QED) is 0.770. The number of carbonyl (C=O) groups is 1. The Balaban J connectivity index is 1.67. The zero-order chi connectivity index (χ0) is 20.4. The van der Waals surface area contributed by atoms with Gasteiger partial charge in [-0.3, -0.25) is 0 Å². The van der Waals surface area contributed by atoms with Crippen molar-refractivity contribution in [2.45, 2.75) is 31.3 Å². The van der Waals surface area contributed by atoms with E-state index in [1.165, 1.54) is 5.01 Å². The number of urea groups is 1. The summed E-state index contributed by atoms with van der Waals surface area (Å²) in [5.41, 5.74) is 1.36. The van der Waals surface area contributed by atoms with Crippen LogP contribution in [0.15, 0.2) is 53.6 Å². The molecular weight excluding hydrogens is 376 g/mol. The molecule has 0 bridgehead atoms. The molecule has 2 aliphatic heterocycles. The summed E-state index contributed by atoms with van der Waals surface area (Å²) >= 11 is 0. The van der Waals surface area contributed by atoms with Crippen LogP contribution in [0, 0.1) is 11.6 Å². The molecule has 0 aliphatic carbocycles. The number of ether oxygens (including phenoxy) is 1. The first-order chi connectivity index (χ1) is 14.0. The van der Waals surface area contributed by atoms with Gasteiger partial charge in [-0.1, -0.05) is 30.3 Å². The normalized spacial score (nSPS) is 19.9. The van der Waals surface area contributed by atoms with E-state index in [1.54, 1.807) is 11.9 Å². The molecule has 2 aliphatic rings. The molecule has 1 saturated heterocycles. The van der Waals surface area contributed by atoms with Gasteiger partial charge in [-0.05, 0) is 36.6 Å². The standard InChI is InChI=1S/C22H23F2N3O2/c1-26(17-9-11-29-12-10-17)22(28)27-21(15-5-3-2-4-6-15)14-20(25-27)18-13-16(23)7-8-19(18)24/h2-8,13,17,21H,9-12,14H2,1H3. The average Bonchev–Trinajstić information content (AvgIpc) is 3.21. The predicted octanol–water partition coefficient (Wildman–Crippen LogP) is 4.35. The summed E-state index contributed by atoms with van der Waals surface area (Å²) in [4.78, 5) is 15.0. The second-order valence-electron chi connectivity index (χ2n) is 7.38. The molecule has 4 rings (SSSR count). The predicted molar refractivity (Wildman–Crippen MR) is 106 cm³/mol. The van der Waals surface area contributed by atoms with Gasteiger partial charge in [-0.2, -0.15) is 5.10 Å². The molecule has 2 aromatic rings. The molecule has 0 spiro atoms. The minimum atomic E-state index is -0.552. The lowest BCUT2D eigenvalue weighted by Crippen LogP contribution is -2.46. The molecule has 5 nitrogen and oxygen atoms in total. The van der Waals surface area contributed by atoms with Crippen molar-refractivity contribution in [3.63, 3.8) is 0 Å². The van der Waals surface area contributed by atoms with Crippen molar-refractivity contribution in [1.82, 2.24) is 9.91 Å². The van der Waals surface area contributed by atoms with Gasteiger partial charge in [-0.25, -0.2) is 18.6 Å². The first kappa shape index (κ1) is 19.5. The zero-order valence-electron chi connectivity index (χ0n) is 16.2. The van der Waals surface area contributed by atoms with Gasteiger partial charge in [0.1, 0.15) is 11.6 Å². The van der Waals surface area contributed by atoms with Crippen molar-refractivity contribution in [1.29, 1.82) is 0 Å². The van der Waals surface area contributed by atoms with Crippen LogP contribution in [0.25, 0.3) is 0 Å². The third-order valence-electron chi connectivity index (χ3n) is 5.57. The first-order valence-electron chi connectivity index (χ1n) is 9.76. The van der Waals surface area contributed by atoms with Crippen LogP contribution in [0.2, 0.25) is 0 Å². The molecular formula is C22H23F2N3O2. The van der Waals surface area contributed by atoms with Crippen LogP contribution in [-0.2, 0) is 4.74 Å². The molecule has 0 radical (unpaired) electrons. The fraction of sp³-hybridized carbons (Fsp3) is 0.364. The number of hydrogen-bond donors (Lipinski definition) is 0. The number of hydrogen-bond acceptors (Lipinski definition) is 3. The van der Waals surface area contributed by atoms with Crippen LogP contribution >= 0.6 is 0 Å². The van der Waals surface area contributed by atoms with Crippen molar-refractivity contribution in [3.8, 4) is 0 Å². The highest BCUT2D eigenvalue weighted by atomic mass is 19.1. The number of carbonyl (C=O) groups excluding carboxylic acids is 1. The van der Waals surface area contributed by atoms with Gasteiger partial charge in [0.2, 0.25) is 0 Å². The summed E-state index contributed by atoms with van der Waals surface area (Å²) in [6.07, 6.45) is 1.85. The smallest absolute Gasteiger partial charge is 0.341 e. The minimum absolute atomic E-state index is 0.0674. The van der Waals surface area contributed by atoms with E-state index in [2.05, 4.69) is 5.10 Å². The summed E-state index contributed by atoms with van der Waals surface area (Å²) in [7, 11) is 1.76. The lowest BCUT2D eigenvalue weighted by Gasteiger charge is -2.34. The van der Waals surface area contributed by atoms with Gasteiger partial charge >= 0.3 is 6.03 Å². The Hall–Kier alpha value is -2.80. The van der Waals surface area contributed by atoms with Crippen molar-refractivity contribution >= 4 is 11.7 Å². The summed E-state index contributed by atoms with van der Waals surface area (Å²) in [6, 6.07) is 12.2. The third-order valence-corrected chi connectivity index (χ3v) is 5.57. The highest BCUT2D eigenvalue weighted by molar-refractivity contribution is 6.03. The van der Waals surface area contributed by atoms with Crippen LogP contribution in [0.1, 0.15) is 36.4 Å². The van der Waals surface area contributed by atoms with E-state index in [0.717, 1.165) is 36.6 Å². The van der Waals surface area contributed by atoms with Crippen LogP contribution in [0.3, 0.4) is 0 Å². The SMILES string of the molecule is CN(C(=O)N1N=C(c2cc(F)ccc2F)CC1c1ccccc1)C1CCOCC1. The van der Waals surface area contributed by atoms with Crippen LogP contribution < -0.4 is 0 Å². The number of amides is 2. The van der Waals surface area contributed by atoms with Crippen LogP contribution in [0.5, 0.6) is 0 Å². The van der Waals surface area contributed by atoms with E-state index in [-0.39, 0.29) is 23.7 Å². The largest absolute Gasteiger partial charge is 0.381 e. The van der Waals surface area contributed by atoms with Gasteiger partial charge in [0.25, 0.3) is 0 Å². The van der Waals surface area contributed by atoms with Gasteiger partial charge in [0.05, 0.1) is 11.8 Å². The first-order valence-corrected chi connectivity index (χ1v) is 9.76. The number of rotatable bonds is 3. The van der Waals surface area contributed by atoms with E-state index in [1.807, 2.05) is 30.3 Å². The fourth-order valence-corrected chi connectivity index (χ4v) is 3.89. The molecule has 0 aromatic heterocycles. The summed E-state index contributed by atoms with van der Waals surface area (Å²) in [5.74, 6) is -1.09. The van der Waals surface area contributed by atoms with Gasteiger partial charge < -0.3 is 9.64 Å². The van der Waals surface area contributed by atoms with Gasteiger partial charge in [0, 0.05) is 38.3 Å². The van der Waals surface area contributed by atoms with Gasteiger partial charge in [0.15, 0.2) is 0 Å². The second kappa shape index (κ2) is 8.29. The Morgan fingerprint density at radius 2 is 1.86 bits per heavy atom. The molecule has 0 saturated carbocycles. The van der Waals surface area contributed by atoms with E-state index in [0.29, 0.717) is 25.3 Å². The number of benzene rings is 2. The maximum absolute atomic E-state index is 14.4. The molecule has 1 atom stereocenters. The van der Waals surface area contributed by atoms with Crippen LogP contribution in [-0.4, -0.2) is 48.0 Å². The van der Waals surface area contributed by atoms with E-state index >= 15 is 0 Å². The Morgan fingerprint density at radius 3 is 2.59 bits per heavy atom. The van der Waals surface area contributed by atoms with Crippen LogP contribution in [0.4, 0.5) is 13.6 Å². The molecule has 1 fully saturated rings. The number of nitrogens with zero attached hydrogens (tertiary/aromatic N) is 3.